The zero-order valence-corrected chi connectivity index (χ0v) is 15.3. The summed E-state index contributed by atoms with van der Waals surface area (Å²) in [6.07, 6.45) is 2.28. The van der Waals surface area contributed by atoms with Crippen LogP contribution < -0.4 is 4.40 Å². The number of hydrogen-bond acceptors (Lipinski definition) is 0. The molecule has 0 spiro atoms. The highest BCUT2D eigenvalue weighted by atomic mass is 15.1. The van der Waals surface area contributed by atoms with Crippen LogP contribution in [-0.2, 0) is 7.05 Å². The fraction of sp³-hybridized carbons (Fsp3) is 0.125. The summed E-state index contributed by atoms with van der Waals surface area (Å²) in [4.78, 5) is 0. The predicted molar refractivity (Wildman–Crippen MR) is 108 cm³/mol. The number of pyridine rings is 1. The van der Waals surface area contributed by atoms with E-state index in [1.807, 2.05) is 0 Å². The second-order valence-corrected chi connectivity index (χ2v) is 7.10. The standard InChI is InChI=1S/C24H21N2/c1-16-9-4-5-11-18(16)22-15-26-21-14-7-6-12-19(21)20-13-8-10-17(2)23(20)24(26)25(22)3/h4-15H,1-3H3/q+1. The molecule has 0 saturated carbocycles. The van der Waals surface area contributed by atoms with Crippen molar-refractivity contribution in [3.05, 3.63) is 84.1 Å². The van der Waals surface area contributed by atoms with Gasteiger partial charge in [-0.1, -0.05) is 60.7 Å². The van der Waals surface area contributed by atoms with Crippen molar-refractivity contribution in [2.24, 2.45) is 7.05 Å². The number of para-hydroxylation sites is 1. The second-order valence-electron chi connectivity index (χ2n) is 7.10. The summed E-state index contributed by atoms with van der Waals surface area (Å²) in [5, 5.41) is 3.94. The molecular weight excluding hydrogens is 316 g/mol. The lowest BCUT2D eigenvalue weighted by atomic mass is 10.0. The van der Waals surface area contributed by atoms with Crippen molar-refractivity contribution >= 4 is 27.3 Å². The van der Waals surface area contributed by atoms with E-state index < -0.39 is 0 Å². The average Bonchev–Trinajstić information content (AvgIpc) is 3.00. The number of rotatable bonds is 1. The summed E-state index contributed by atoms with van der Waals surface area (Å²) in [5.41, 5.74) is 7.62. The van der Waals surface area contributed by atoms with Gasteiger partial charge in [0.15, 0.2) is 5.69 Å². The molecule has 2 aromatic heterocycles. The molecule has 0 aliphatic rings. The maximum absolute atomic E-state index is 2.35. The van der Waals surface area contributed by atoms with Crippen molar-refractivity contribution in [1.82, 2.24) is 4.57 Å². The number of benzene rings is 3. The smallest absolute Gasteiger partial charge is 0.225 e. The van der Waals surface area contributed by atoms with Gasteiger partial charge in [0.05, 0.1) is 12.4 Å². The third-order valence-corrected chi connectivity index (χ3v) is 5.53. The molecule has 2 heteroatoms. The Balaban J connectivity index is 2.06. The van der Waals surface area contributed by atoms with E-state index in [1.165, 1.54) is 49.7 Å². The molecule has 2 nitrogen and oxygen atoms in total. The monoisotopic (exact) mass is 337 g/mol. The maximum Gasteiger partial charge on any atom is 0.295 e. The van der Waals surface area contributed by atoms with Gasteiger partial charge >= 0.3 is 0 Å². The Morgan fingerprint density at radius 2 is 1.42 bits per heavy atom. The average molecular weight is 337 g/mol. The molecule has 3 aromatic carbocycles. The first-order valence-corrected chi connectivity index (χ1v) is 9.04. The summed E-state index contributed by atoms with van der Waals surface area (Å²) >= 11 is 0. The molecule has 0 unspecified atom stereocenters. The molecule has 0 aliphatic carbocycles. The van der Waals surface area contributed by atoms with Crippen LogP contribution >= 0.6 is 0 Å². The fourth-order valence-corrected chi connectivity index (χ4v) is 4.23. The van der Waals surface area contributed by atoms with E-state index in [4.69, 9.17) is 0 Å². The van der Waals surface area contributed by atoms with Gasteiger partial charge in [0, 0.05) is 16.3 Å². The van der Waals surface area contributed by atoms with E-state index in [2.05, 4.69) is 103 Å². The zero-order chi connectivity index (χ0) is 17.8. The first kappa shape index (κ1) is 15.2. The van der Waals surface area contributed by atoms with Crippen LogP contribution in [0.1, 0.15) is 11.1 Å². The van der Waals surface area contributed by atoms with Crippen molar-refractivity contribution in [1.29, 1.82) is 0 Å². The maximum atomic E-state index is 2.35. The Morgan fingerprint density at radius 1 is 0.731 bits per heavy atom. The Kier molecular flexibility index (Phi) is 3.17. The molecule has 0 radical (unpaired) electrons. The second kappa shape index (κ2) is 5.43. The van der Waals surface area contributed by atoms with Crippen LogP contribution in [0.3, 0.4) is 0 Å². The Bertz CT molecular complexity index is 1310. The molecule has 26 heavy (non-hydrogen) atoms. The van der Waals surface area contributed by atoms with Crippen molar-refractivity contribution in [3.63, 3.8) is 0 Å². The molecule has 5 aromatic rings. The summed E-state index contributed by atoms with van der Waals surface area (Å²) in [6, 6.07) is 23.9. The minimum atomic E-state index is 1.24. The molecule has 126 valence electrons. The van der Waals surface area contributed by atoms with Crippen LogP contribution in [0, 0.1) is 13.8 Å². The number of aromatic nitrogens is 2. The number of hydrogen-bond donors (Lipinski definition) is 0. The highest BCUT2D eigenvalue weighted by Crippen LogP contribution is 2.31. The predicted octanol–water partition coefficient (Wildman–Crippen LogP) is 5.35. The molecule has 0 aliphatic heterocycles. The van der Waals surface area contributed by atoms with Crippen molar-refractivity contribution < 1.29 is 4.40 Å². The minimum Gasteiger partial charge on any atom is -0.225 e. The van der Waals surface area contributed by atoms with Crippen LogP contribution in [0.2, 0.25) is 0 Å². The minimum absolute atomic E-state index is 1.24. The molecule has 0 fully saturated rings. The van der Waals surface area contributed by atoms with Gasteiger partial charge in [-0.05, 0) is 31.0 Å². The number of fused-ring (bicyclic) bond motifs is 6. The quantitative estimate of drug-likeness (QED) is 0.288. The topological polar surface area (TPSA) is 9.03 Å². The first-order valence-electron chi connectivity index (χ1n) is 9.04. The van der Waals surface area contributed by atoms with E-state index in [0.717, 1.165) is 0 Å². The van der Waals surface area contributed by atoms with Gasteiger partial charge in [0.1, 0.15) is 11.7 Å². The lowest BCUT2D eigenvalue weighted by molar-refractivity contribution is -0.478. The molecular formula is C24H21N2+. The molecule has 5 rings (SSSR count). The van der Waals surface area contributed by atoms with E-state index in [0.29, 0.717) is 0 Å². The molecule has 0 amide bonds. The Labute approximate surface area is 152 Å². The highest BCUT2D eigenvalue weighted by molar-refractivity contribution is 6.10. The summed E-state index contributed by atoms with van der Waals surface area (Å²) in [5.74, 6) is 0. The van der Waals surface area contributed by atoms with Crippen LogP contribution in [0.25, 0.3) is 38.6 Å². The van der Waals surface area contributed by atoms with E-state index in [9.17, 15) is 0 Å². The van der Waals surface area contributed by atoms with Crippen molar-refractivity contribution in [3.8, 4) is 11.3 Å². The van der Waals surface area contributed by atoms with Gasteiger partial charge in [0.2, 0.25) is 0 Å². The lowest BCUT2D eigenvalue weighted by Gasteiger charge is -2.06. The number of nitrogens with zero attached hydrogens (tertiary/aromatic N) is 2. The Morgan fingerprint density at radius 3 is 2.27 bits per heavy atom. The SMILES string of the molecule is Cc1ccccc1-c1c[n+]2c3ccccc3c3cccc(C)c3c2n1C. The van der Waals surface area contributed by atoms with Crippen LogP contribution in [0.15, 0.2) is 72.9 Å². The van der Waals surface area contributed by atoms with Crippen LogP contribution in [-0.4, -0.2) is 4.57 Å². The summed E-state index contributed by atoms with van der Waals surface area (Å²) in [7, 11) is 2.18. The molecule has 0 saturated heterocycles. The van der Waals surface area contributed by atoms with Crippen molar-refractivity contribution in [2.75, 3.05) is 0 Å². The normalized spacial score (nSPS) is 11.7. The lowest BCUT2D eigenvalue weighted by Crippen LogP contribution is -2.21. The van der Waals surface area contributed by atoms with E-state index in [1.54, 1.807) is 0 Å². The summed E-state index contributed by atoms with van der Waals surface area (Å²) in [6.45, 7) is 4.39. The summed E-state index contributed by atoms with van der Waals surface area (Å²) < 4.78 is 4.69. The molecule has 0 N–H and O–H groups in total. The third kappa shape index (κ3) is 1.96. The van der Waals surface area contributed by atoms with Gasteiger partial charge in [-0.3, -0.25) is 0 Å². The molecule has 2 heterocycles. The third-order valence-electron chi connectivity index (χ3n) is 5.53. The van der Waals surface area contributed by atoms with E-state index >= 15 is 0 Å². The molecule has 0 bridgehead atoms. The van der Waals surface area contributed by atoms with Gasteiger partial charge in [-0.15, -0.1) is 0 Å². The van der Waals surface area contributed by atoms with Gasteiger partial charge in [0.25, 0.3) is 5.65 Å². The van der Waals surface area contributed by atoms with Gasteiger partial charge < -0.3 is 0 Å². The van der Waals surface area contributed by atoms with Crippen LogP contribution in [0.5, 0.6) is 0 Å². The highest BCUT2D eigenvalue weighted by Gasteiger charge is 2.23. The van der Waals surface area contributed by atoms with Gasteiger partial charge in [-0.25, -0.2) is 4.57 Å². The van der Waals surface area contributed by atoms with E-state index in [-0.39, 0.29) is 0 Å². The van der Waals surface area contributed by atoms with Gasteiger partial charge in [-0.2, -0.15) is 4.40 Å². The fourth-order valence-electron chi connectivity index (χ4n) is 4.23. The number of imidazole rings is 1. The zero-order valence-electron chi connectivity index (χ0n) is 15.3. The molecule has 0 atom stereocenters. The van der Waals surface area contributed by atoms with Crippen LogP contribution in [0.4, 0.5) is 0 Å². The number of aryl methyl sites for hydroxylation is 3. The van der Waals surface area contributed by atoms with Crippen molar-refractivity contribution in [2.45, 2.75) is 13.8 Å². The largest absolute Gasteiger partial charge is 0.295 e. The first-order chi connectivity index (χ1) is 12.7. The Hall–Kier alpha value is -3.13.